The first-order valence-corrected chi connectivity index (χ1v) is 9.92. The molecule has 0 saturated heterocycles. The Bertz CT molecular complexity index is 1060. The third-order valence-corrected chi connectivity index (χ3v) is 5.20. The Balaban J connectivity index is 1.93. The van der Waals surface area contributed by atoms with Gasteiger partial charge in [-0.25, -0.2) is 9.18 Å². The minimum Gasteiger partial charge on any atom is -0.462 e. The number of amides is 1. The van der Waals surface area contributed by atoms with Crippen LogP contribution in [-0.4, -0.2) is 18.5 Å². The Morgan fingerprint density at radius 2 is 1.79 bits per heavy atom. The topological polar surface area (TPSA) is 55.4 Å². The van der Waals surface area contributed by atoms with Crippen LogP contribution in [0.15, 0.2) is 60.7 Å². The van der Waals surface area contributed by atoms with E-state index in [9.17, 15) is 14.0 Å². The van der Waals surface area contributed by atoms with Crippen LogP contribution in [0.5, 0.6) is 0 Å². The molecule has 0 aliphatic rings. The molecule has 29 heavy (non-hydrogen) atoms. The number of esters is 1. The van der Waals surface area contributed by atoms with Gasteiger partial charge >= 0.3 is 5.97 Å². The molecule has 0 atom stereocenters. The number of ether oxygens (including phenoxy) is 1. The Morgan fingerprint density at radius 1 is 1.10 bits per heavy atom. The summed E-state index contributed by atoms with van der Waals surface area (Å²) in [5.74, 6) is -1.37. The van der Waals surface area contributed by atoms with Gasteiger partial charge in [0, 0.05) is 22.1 Å². The van der Waals surface area contributed by atoms with Gasteiger partial charge in [0.2, 0.25) is 5.91 Å². The lowest BCUT2D eigenvalue weighted by Gasteiger charge is -2.08. The number of carbonyl (C=O) groups excluding carboxylic acids is 2. The van der Waals surface area contributed by atoms with Crippen LogP contribution >= 0.6 is 11.3 Å². The second-order valence-corrected chi connectivity index (χ2v) is 7.39. The van der Waals surface area contributed by atoms with E-state index in [1.54, 1.807) is 25.1 Å². The highest BCUT2D eigenvalue weighted by molar-refractivity contribution is 7.17. The Morgan fingerprint density at radius 3 is 2.48 bits per heavy atom. The van der Waals surface area contributed by atoms with Crippen molar-refractivity contribution in [3.8, 4) is 11.1 Å². The second kappa shape index (κ2) is 9.30. The third-order valence-electron chi connectivity index (χ3n) is 4.18. The average Bonchev–Trinajstić information content (AvgIpc) is 3.04. The van der Waals surface area contributed by atoms with Gasteiger partial charge in [-0.15, -0.1) is 11.3 Å². The van der Waals surface area contributed by atoms with Crippen molar-refractivity contribution in [2.24, 2.45) is 0 Å². The van der Waals surface area contributed by atoms with Gasteiger partial charge in [0.25, 0.3) is 0 Å². The third kappa shape index (κ3) is 4.78. The summed E-state index contributed by atoms with van der Waals surface area (Å²) in [5, 5.41) is 3.15. The van der Waals surface area contributed by atoms with Crippen molar-refractivity contribution >= 4 is 34.3 Å². The molecule has 2 aromatic carbocycles. The van der Waals surface area contributed by atoms with Crippen LogP contribution in [0.2, 0.25) is 0 Å². The first-order chi connectivity index (χ1) is 14.0. The summed E-state index contributed by atoms with van der Waals surface area (Å²) in [7, 11) is 0. The number of halogens is 1. The van der Waals surface area contributed by atoms with E-state index >= 15 is 0 Å². The summed E-state index contributed by atoms with van der Waals surface area (Å²) in [5.41, 5.74) is 2.24. The molecule has 0 spiro atoms. The number of benzene rings is 2. The van der Waals surface area contributed by atoms with E-state index in [1.165, 1.54) is 29.6 Å². The molecule has 3 rings (SSSR count). The molecule has 6 heteroatoms. The summed E-state index contributed by atoms with van der Waals surface area (Å²) >= 11 is 1.30. The molecule has 0 bridgehead atoms. The van der Waals surface area contributed by atoms with Gasteiger partial charge in [-0.3, -0.25) is 4.79 Å². The fraction of sp³-hybridized carbons (Fsp3) is 0.130. The van der Waals surface area contributed by atoms with Crippen LogP contribution < -0.4 is 5.32 Å². The van der Waals surface area contributed by atoms with Gasteiger partial charge in [-0.05, 0) is 31.6 Å². The van der Waals surface area contributed by atoms with E-state index in [0.29, 0.717) is 16.1 Å². The molecule has 0 aliphatic heterocycles. The van der Waals surface area contributed by atoms with Gasteiger partial charge in [0.1, 0.15) is 16.4 Å². The van der Waals surface area contributed by atoms with Gasteiger partial charge < -0.3 is 10.1 Å². The molecule has 3 aromatic rings. The quantitative estimate of drug-likeness (QED) is 0.420. The second-order valence-electron chi connectivity index (χ2n) is 6.17. The monoisotopic (exact) mass is 409 g/mol. The normalized spacial score (nSPS) is 10.9. The molecule has 1 N–H and O–H groups in total. The first-order valence-electron chi connectivity index (χ1n) is 9.10. The van der Waals surface area contributed by atoms with Crippen LogP contribution in [-0.2, 0) is 9.53 Å². The number of carbonyl (C=O) groups is 2. The van der Waals surface area contributed by atoms with Crippen LogP contribution in [0.1, 0.15) is 27.7 Å². The van der Waals surface area contributed by atoms with E-state index in [1.807, 2.05) is 37.3 Å². The van der Waals surface area contributed by atoms with Gasteiger partial charge in [0.05, 0.1) is 6.61 Å². The van der Waals surface area contributed by atoms with Crippen LogP contribution in [0, 0.1) is 12.7 Å². The first kappa shape index (κ1) is 20.5. The molecule has 1 aromatic heterocycles. The van der Waals surface area contributed by atoms with Gasteiger partial charge in [-0.1, -0.05) is 48.5 Å². The minimum atomic E-state index is -0.496. The minimum absolute atomic E-state index is 0.225. The lowest BCUT2D eigenvalue weighted by Crippen LogP contribution is -2.12. The fourth-order valence-electron chi connectivity index (χ4n) is 2.91. The highest BCUT2D eigenvalue weighted by Gasteiger charge is 2.25. The highest BCUT2D eigenvalue weighted by Crippen LogP contribution is 2.40. The number of hydrogen-bond donors (Lipinski definition) is 1. The van der Waals surface area contributed by atoms with Crippen LogP contribution in [0.25, 0.3) is 17.2 Å². The lowest BCUT2D eigenvalue weighted by molar-refractivity contribution is -0.111. The largest absolute Gasteiger partial charge is 0.462 e. The van der Waals surface area contributed by atoms with Crippen molar-refractivity contribution in [1.82, 2.24) is 0 Å². The summed E-state index contributed by atoms with van der Waals surface area (Å²) in [6, 6.07) is 15.6. The molecule has 0 aliphatic carbocycles. The van der Waals surface area contributed by atoms with Gasteiger partial charge in [-0.2, -0.15) is 0 Å². The Kier molecular flexibility index (Phi) is 6.57. The lowest BCUT2D eigenvalue weighted by atomic mass is 10.0. The van der Waals surface area contributed by atoms with E-state index < -0.39 is 17.7 Å². The standard InChI is InChI=1S/C23H20FNO3S/c1-3-28-23(27)21-20(17-10-5-4-6-11-17)15(2)29-22(21)25-19(26)14-13-16-9-7-8-12-18(16)24/h4-14H,3H2,1-2H3,(H,25,26). The zero-order chi connectivity index (χ0) is 20.8. The van der Waals surface area contributed by atoms with Crippen molar-refractivity contribution in [3.63, 3.8) is 0 Å². The maximum absolute atomic E-state index is 13.7. The molecule has 4 nitrogen and oxygen atoms in total. The smallest absolute Gasteiger partial charge is 0.341 e. The molecular weight excluding hydrogens is 389 g/mol. The maximum Gasteiger partial charge on any atom is 0.341 e. The molecule has 0 unspecified atom stereocenters. The molecule has 1 amide bonds. The molecular formula is C23H20FNO3S. The maximum atomic E-state index is 13.7. The van der Waals surface area contributed by atoms with Crippen molar-refractivity contribution in [2.45, 2.75) is 13.8 Å². The summed E-state index contributed by atoms with van der Waals surface area (Å²) in [6.07, 6.45) is 2.64. The fourth-order valence-corrected chi connectivity index (χ4v) is 3.98. The number of aryl methyl sites for hydroxylation is 1. The van der Waals surface area contributed by atoms with Crippen molar-refractivity contribution in [3.05, 3.63) is 82.5 Å². The van der Waals surface area contributed by atoms with E-state index in [0.717, 1.165) is 16.0 Å². The molecule has 0 radical (unpaired) electrons. The van der Waals surface area contributed by atoms with Crippen molar-refractivity contribution < 1.29 is 18.7 Å². The summed E-state index contributed by atoms with van der Waals surface area (Å²) in [6.45, 7) is 3.85. The van der Waals surface area contributed by atoms with Crippen LogP contribution in [0.4, 0.5) is 9.39 Å². The highest BCUT2D eigenvalue weighted by atomic mass is 32.1. The molecule has 0 saturated carbocycles. The molecule has 0 fully saturated rings. The SMILES string of the molecule is CCOC(=O)c1c(NC(=O)C=Cc2ccccc2F)sc(C)c1-c1ccccc1. The predicted octanol–water partition coefficient (Wildman–Crippen LogP) is 5.69. The van der Waals surface area contributed by atoms with Crippen molar-refractivity contribution in [2.75, 3.05) is 11.9 Å². The Labute approximate surface area is 172 Å². The molecule has 148 valence electrons. The van der Waals surface area contributed by atoms with E-state index in [4.69, 9.17) is 4.74 Å². The zero-order valence-corrected chi connectivity index (χ0v) is 16.9. The number of rotatable bonds is 6. The summed E-state index contributed by atoms with van der Waals surface area (Å²) < 4.78 is 18.9. The van der Waals surface area contributed by atoms with E-state index in [2.05, 4.69) is 5.32 Å². The zero-order valence-electron chi connectivity index (χ0n) is 16.1. The van der Waals surface area contributed by atoms with Crippen molar-refractivity contribution in [1.29, 1.82) is 0 Å². The molecule has 1 heterocycles. The number of anilines is 1. The predicted molar refractivity (Wildman–Crippen MR) is 115 cm³/mol. The number of thiophene rings is 1. The van der Waals surface area contributed by atoms with Gasteiger partial charge in [0.15, 0.2) is 0 Å². The van der Waals surface area contributed by atoms with E-state index in [-0.39, 0.29) is 6.61 Å². The summed E-state index contributed by atoms with van der Waals surface area (Å²) in [4.78, 5) is 25.9. The average molecular weight is 409 g/mol. The van der Waals surface area contributed by atoms with Crippen LogP contribution in [0.3, 0.4) is 0 Å². The Hall–Kier alpha value is -3.25. The number of nitrogens with one attached hydrogen (secondary N) is 1. The number of hydrogen-bond acceptors (Lipinski definition) is 4.